The van der Waals surface area contributed by atoms with Crippen molar-refractivity contribution in [1.82, 2.24) is 15.3 Å². The zero-order valence-corrected chi connectivity index (χ0v) is 13.5. The van der Waals surface area contributed by atoms with E-state index in [4.69, 9.17) is 0 Å². The Bertz CT molecular complexity index is 582. The fraction of sp³-hybridized carbons (Fsp3) is 0.625. The van der Waals surface area contributed by atoms with Gasteiger partial charge in [-0.05, 0) is 24.3 Å². The number of nitrogens with one attached hydrogen (secondary N) is 1. The molecule has 0 spiro atoms. The molecule has 118 valence electrons. The minimum atomic E-state index is -0.346. The lowest BCUT2D eigenvalue weighted by Gasteiger charge is -2.31. The minimum absolute atomic E-state index is 0.00374. The first kappa shape index (κ1) is 14.4. The number of nitrogens with zero attached hydrogens (tertiary/aromatic N) is 2. The molecular formula is C16H21N3O2S. The van der Waals surface area contributed by atoms with Crippen LogP contribution in [0.2, 0.25) is 0 Å². The van der Waals surface area contributed by atoms with Gasteiger partial charge in [0, 0.05) is 18.0 Å². The van der Waals surface area contributed by atoms with Crippen LogP contribution in [0.25, 0.3) is 0 Å². The standard InChI is InChI=1S/C16H21N3O2S/c1-18-14-12(13(17-18)11-8-5-9-22-11)15(20)19(16(14)21)10-6-3-2-4-7-10/h5,8-10,12-14,17H,2-4,6-7H2,1H3/t12-,13-,14+/m1/s1. The fourth-order valence-corrected chi connectivity index (χ4v) is 5.04. The summed E-state index contributed by atoms with van der Waals surface area (Å²) in [4.78, 5) is 28.6. The molecule has 1 N–H and O–H groups in total. The average Bonchev–Trinajstić information content (AvgIpc) is 3.20. The Morgan fingerprint density at radius 2 is 1.95 bits per heavy atom. The molecule has 3 fully saturated rings. The summed E-state index contributed by atoms with van der Waals surface area (Å²) in [6, 6.07) is 3.74. The first-order chi connectivity index (χ1) is 10.7. The predicted octanol–water partition coefficient (Wildman–Crippen LogP) is 1.93. The van der Waals surface area contributed by atoms with Crippen LogP contribution in [0.5, 0.6) is 0 Å². The third kappa shape index (κ3) is 2.05. The maximum Gasteiger partial charge on any atom is 0.249 e. The number of carbonyl (C=O) groups excluding carboxylic acids is 2. The summed E-state index contributed by atoms with van der Waals surface area (Å²) in [5, 5.41) is 3.86. The van der Waals surface area contributed by atoms with Crippen molar-refractivity contribution in [2.24, 2.45) is 5.92 Å². The lowest BCUT2D eigenvalue weighted by Crippen LogP contribution is -2.47. The first-order valence-corrected chi connectivity index (χ1v) is 8.96. The van der Waals surface area contributed by atoms with E-state index in [0.29, 0.717) is 0 Å². The van der Waals surface area contributed by atoms with Crippen molar-refractivity contribution >= 4 is 23.2 Å². The second-order valence-electron chi connectivity index (χ2n) is 6.54. The monoisotopic (exact) mass is 319 g/mol. The van der Waals surface area contributed by atoms with Gasteiger partial charge >= 0.3 is 0 Å². The van der Waals surface area contributed by atoms with Crippen LogP contribution in [0.1, 0.15) is 43.0 Å². The smallest absolute Gasteiger partial charge is 0.249 e. The van der Waals surface area contributed by atoms with Crippen molar-refractivity contribution in [2.45, 2.75) is 50.2 Å². The lowest BCUT2D eigenvalue weighted by atomic mass is 9.93. The molecule has 3 heterocycles. The fourth-order valence-electron chi connectivity index (χ4n) is 4.22. The van der Waals surface area contributed by atoms with E-state index in [2.05, 4.69) is 5.43 Å². The Labute approximate surface area is 134 Å². The van der Waals surface area contributed by atoms with Gasteiger partial charge in [-0.2, -0.15) is 0 Å². The van der Waals surface area contributed by atoms with Gasteiger partial charge in [-0.25, -0.2) is 10.4 Å². The Morgan fingerprint density at radius 3 is 2.64 bits per heavy atom. The van der Waals surface area contributed by atoms with E-state index in [9.17, 15) is 9.59 Å². The summed E-state index contributed by atoms with van der Waals surface area (Å²) in [5.41, 5.74) is 3.32. The molecule has 1 aromatic heterocycles. The van der Waals surface area contributed by atoms with Gasteiger partial charge in [0.15, 0.2) is 0 Å². The molecule has 0 aromatic carbocycles. The van der Waals surface area contributed by atoms with Crippen LogP contribution in [-0.4, -0.2) is 40.9 Å². The quantitative estimate of drug-likeness (QED) is 0.846. The summed E-state index contributed by atoms with van der Waals surface area (Å²) < 4.78 is 0. The topological polar surface area (TPSA) is 52.7 Å². The average molecular weight is 319 g/mol. The Kier molecular flexibility index (Phi) is 3.55. The number of amides is 2. The number of hydrazine groups is 1. The van der Waals surface area contributed by atoms with Gasteiger partial charge in [0.1, 0.15) is 6.04 Å². The van der Waals surface area contributed by atoms with Gasteiger partial charge in [0.2, 0.25) is 11.8 Å². The van der Waals surface area contributed by atoms with Gasteiger partial charge in [-0.1, -0.05) is 25.3 Å². The molecule has 1 saturated carbocycles. The van der Waals surface area contributed by atoms with Crippen LogP contribution < -0.4 is 5.43 Å². The summed E-state index contributed by atoms with van der Waals surface area (Å²) in [7, 11) is 1.88. The Hall–Kier alpha value is -1.24. The third-order valence-corrected chi connectivity index (χ3v) is 6.22. The number of fused-ring (bicyclic) bond motifs is 1. The zero-order chi connectivity index (χ0) is 15.3. The molecule has 0 radical (unpaired) electrons. The van der Waals surface area contributed by atoms with E-state index in [0.717, 1.165) is 30.6 Å². The van der Waals surface area contributed by atoms with E-state index in [-0.39, 0.29) is 35.9 Å². The largest absolute Gasteiger partial charge is 0.278 e. The Balaban J connectivity index is 1.65. The third-order valence-electron chi connectivity index (χ3n) is 5.26. The highest BCUT2D eigenvalue weighted by Gasteiger charge is 2.59. The summed E-state index contributed by atoms with van der Waals surface area (Å²) in [5.74, 6) is -0.258. The molecule has 5 nitrogen and oxygen atoms in total. The minimum Gasteiger partial charge on any atom is -0.278 e. The second kappa shape index (κ2) is 5.44. The normalized spacial score (nSPS) is 33.7. The number of carbonyl (C=O) groups is 2. The molecule has 3 atom stereocenters. The van der Waals surface area contributed by atoms with Crippen LogP contribution in [0, 0.1) is 5.92 Å². The first-order valence-electron chi connectivity index (χ1n) is 8.08. The second-order valence-corrected chi connectivity index (χ2v) is 7.52. The molecule has 2 aliphatic heterocycles. The zero-order valence-electron chi connectivity index (χ0n) is 12.7. The molecule has 3 aliphatic rings. The molecule has 2 amide bonds. The number of hydrogen-bond donors (Lipinski definition) is 1. The Morgan fingerprint density at radius 1 is 1.18 bits per heavy atom. The van der Waals surface area contributed by atoms with E-state index in [1.807, 2.05) is 29.6 Å². The molecular weight excluding hydrogens is 298 g/mol. The van der Waals surface area contributed by atoms with Crippen molar-refractivity contribution in [3.63, 3.8) is 0 Å². The molecule has 0 bridgehead atoms. The number of likely N-dealkylation sites (tertiary alicyclic amines) is 1. The number of likely N-dealkylation sites (N-methyl/N-ethyl adjacent to an activating group) is 1. The highest BCUT2D eigenvalue weighted by molar-refractivity contribution is 7.10. The van der Waals surface area contributed by atoms with Crippen LogP contribution in [0.15, 0.2) is 17.5 Å². The molecule has 1 aromatic rings. The van der Waals surface area contributed by atoms with Crippen LogP contribution in [0.4, 0.5) is 0 Å². The van der Waals surface area contributed by atoms with Crippen molar-refractivity contribution in [3.8, 4) is 0 Å². The van der Waals surface area contributed by atoms with Gasteiger partial charge in [0.05, 0.1) is 12.0 Å². The molecule has 1 aliphatic carbocycles. The van der Waals surface area contributed by atoms with E-state index >= 15 is 0 Å². The highest BCUT2D eigenvalue weighted by Crippen LogP contribution is 2.42. The maximum absolute atomic E-state index is 13.0. The molecule has 4 rings (SSSR count). The predicted molar refractivity (Wildman–Crippen MR) is 84.0 cm³/mol. The summed E-state index contributed by atoms with van der Waals surface area (Å²) in [6.07, 6.45) is 5.41. The van der Waals surface area contributed by atoms with Gasteiger partial charge in [-0.3, -0.25) is 14.5 Å². The number of imide groups is 1. The van der Waals surface area contributed by atoms with Crippen LogP contribution in [0.3, 0.4) is 0 Å². The van der Waals surface area contributed by atoms with Gasteiger partial charge in [0.25, 0.3) is 0 Å². The SMILES string of the molecule is CN1N[C@H](c2cccs2)[C@H]2C(=O)N(C3CCCCC3)C(=O)[C@H]21. The van der Waals surface area contributed by atoms with Crippen molar-refractivity contribution in [2.75, 3.05) is 7.05 Å². The van der Waals surface area contributed by atoms with E-state index in [1.54, 1.807) is 16.2 Å². The lowest BCUT2D eigenvalue weighted by molar-refractivity contribution is -0.144. The van der Waals surface area contributed by atoms with Crippen LogP contribution in [-0.2, 0) is 9.59 Å². The summed E-state index contributed by atoms with van der Waals surface area (Å²) >= 11 is 1.64. The maximum atomic E-state index is 13.0. The molecule has 2 saturated heterocycles. The van der Waals surface area contributed by atoms with Crippen molar-refractivity contribution < 1.29 is 9.59 Å². The number of hydrogen-bond acceptors (Lipinski definition) is 5. The number of thiophene rings is 1. The molecule has 0 unspecified atom stereocenters. The van der Waals surface area contributed by atoms with E-state index in [1.165, 1.54) is 6.42 Å². The van der Waals surface area contributed by atoms with Gasteiger partial charge in [-0.15, -0.1) is 11.3 Å². The summed E-state index contributed by atoms with van der Waals surface area (Å²) in [6.45, 7) is 0. The van der Waals surface area contributed by atoms with Crippen LogP contribution >= 0.6 is 11.3 Å². The van der Waals surface area contributed by atoms with Gasteiger partial charge < -0.3 is 0 Å². The highest BCUT2D eigenvalue weighted by atomic mass is 32.1. The van der Waals surface area contributed by atoms with E-state index < -0.39 is 0 Å². The molecule has 6 heteroatoms. The number of rotatable bonds is 2. The van der Waals surface area contributed by atoms with Crippen molar-refractivity contribution in [3.05, 3.63) is 22.4 Å². The molecule has 22 heavy (non-hydrogen) atoms. The van der Waals surface area contributed by atoms with Crippen molar-refractivity contribution in [1.29, 1.82) is 0 Å².